The zero-order valence-electron chi connectivity index (χ0n) is 8.98. The first kappa shape index (κ1) is 11.9. The molecule has 0 aromatic carbocycles. The number of aliphatic hydroxyl groups excluding tert-OH is 2. The number of aliphatic hydroxyl groups is 3. The number of hydrogen-bond donors (Lipinski definition) is 3. The van der Waals surface area contributed by atoms with E-state index in [4.69, 9.17) is 5.11 Å². The molecular weight excluding hydrogens is 182 g/mol. The molecule has 1 rings (SSSR count). The summed E-state index contributed by atoms with van der Waals surface area (Å²) in [5, 5.41) is 28.4. The van der Waals surface area contributed by atoms with Crippen LogP contribution in [-0.4, -0.2) is 58.2 Å². The van der Waals surface area contributed by atoms with Crippen molar-refractivity contribution in [1.29, 1.82) is 0 Å². The van der Waals surface area contributed by atoms with Crippen molar-refractivity contribution in [1.82, 2.24) is 4.90 Å². The van der Waals surface area contributed by atoms with E-state index in [0.717, 1.165) is 13.1 Å². The quantitative estimate of drug-likeness (QED) is 0.575. The van der Waals surface area contributed by atoms with E-state index >= 15 is 0 Å². The van der Waals surface area contributed by atoms with Gasteiger partial charge in [-0.05, 0) is 12.3 Å². The van der Waals surface area contributed by atoms with Crippen LogP contribution < -0.4 is 0 Å². The highest BCUT2D eigenvalue weighted by Gasteiger charge is 2.39. The first-order chi connectivity index (χ1) is 6.48. The highest BCUT2D eigenvalue weighted by molar-refractivity contribution is 4.93. The molecule has 0 amide bonds. The first-order valence-electron chi connectivity index (χ1n) is 5.21. The van der Waals surface area contributed by atoms with Gasteiger partial charge in [0.1, 0.15) is 5.60 Å². The summed E-state index contributed by atoms with van der Waals surface area (Å²) in [6, 6.07) is 0. The fraction of sp³-hybridized carbons (Fsp3) is 1.00. The second kappa shape index (κ2) is 4.57. The summed E-state index contributed by atoms with van der Waals surface area (Å²) in [5.74, 6) is 0.558. The third-order valence-electron chi connectivity index (χ3n) is 2.81. The smallest absolute Gasteiger partial charge is 0.116 e. The van der Waals surface area contributed by atoms with Gasteiger partial charge in [0, 0.05) is 19.6 Å². The molecule has 0 aromatic rings. The van der Waals surface area contributed by atoms with Crippen molar-refractivity contribution in [2.75, 3.05) is 26.2 Å². The van der Waals surface area contributed by atoms with Gasteiger partial charge in [-0.3, -0.25) is 0 Å². The van der Waals surface area contributed by atoms with E-state index in [9.17, 15) is 10.2 Å². The summed E-state index contributed by atoms with van der Waals surface area (Å²) >= 11 is 0. The molecule has 4 nitrogen and oxygen atoms in total. The normalized spacial score (nSPS) is 35.1. The van der Waals surface area contributed by atoms with Crippen LogP contribution >= 0.6 is 0 Å². The zero-order valence-corrected chi connectivity index (χ0v) is 8.98. The predicted octanol–water partition coefficient (Wildman–Crippen LogP) is -0.568. The standard InChI is InChI=1S/C10H21NO3/c1-8(2)5-11-4-3-10(14,7-12)9(13)6-11/h8-9,12-14H,3-7H2,1-2H3. The number of nitrogens with zero attached hydrogens (tertiary/aromatic N) is 1. The molecule has 14 heavy (non-hydrogen) atoms. The predicted molar refractivity (Wildman–Crippen MR) is 53.9 cm³/mol. The van der Waals surface area contributed by atoms with Crippen LogP contribution in [0.2, 0.25) is 0 Å². The van der Waals surface area contributed by atoms with Crippen molar-refractivity contribution in [3.05, 3.63) is 0 Å². The fourth-order valence-corrected chi connectivity index (χ4v) is 1.89. The molecule has 84 valence electrons. The van der Waals surface area contributed by atoms with Crippen molar-refractivity contribution < 1.29 is 15.3 Å². The Kier molecular flexibility index (Phi) is 3.89. The summed E-state index contributed by atoms with van der Waals surface area (Å²) in [7, 11) is 0. The average Bonchev–Trinajstić information content (AvgIpc) is 2.11. The fourth-order valence-electron chi connectivity index (χ4n) is 1.89. The monoisotopic (exact) mass is 203 g/mol. The molecule has 1 aliphatic heterocycles. The van der Waals surface area contributed by atoms with Gasteiger partial charge in [0.15, 0.2) is 0 Å². The van der Waals surface area contributed by atoms with Crippen molar-refractivity contribution in [2.24, 2.45) is 5.92 Å². The Balaban J connectivity index is 2.46. The van der Waals surface area contributed by atoms with Gasteiger partial charge in [-0.2, -0.15) is 0 Å². The largest absolute Gasteiger partial charge is 0.393 e. The third kappa shape index (κ3) is 2.67. The van der Waals surface area contributed by atoms with Crippen LogP contribution in [0.1, 0.15) is 20.3 Å². The van der Waals surface area contributed by atoms with Gasteiger partial charge in [0.05, 0.1) is 12.7 Å². The molecule has 1 saturated heterocycles. The Morgan fingerprint density at radius 1 is 1.50 bits per heavy atom. The molecular formula is C10H21NO3. The Bertz CT molecular complexity index is 186. The van der Waals surface area contributed by atoms with Gasteiger partial charge in [-0.15, -0.1) is 0 Å². The van der Waals surface area contributed by atoms with Crippen LogP contribution in [-0.2, 0) is 0 Å². The van der Waals surface area contributed by atoms with Crippen LogP contribution in [0.5, 0.6) is 0 Å². The number of β-amino-alcohol motifs (C(OH)–C–C–N with tert-alkyl or cyclic N) is 1. The molecule has 2 atom stereocenters. The molecule has 0 bridgehead atoms. The molecule has 0 aliphatic carbocycles. The van der Waals surface area contributed by atoms with Gasteiger partial charge in [-0.1, -0.05) is 13.8 Å². The Hall–Kier alpha value is -0.160. The van der Waals surface area contributed by atoms with Crippen LogP contribution in [0.15, 0.2) is 0 Å². The number of piperidine rings is 1. The topological polar surface area (TPSA) is 63.9 Å². The summed E-state index contributed by atoms with van der Waals surface area (Å²) in [6.45, 7) is 6.02. The van der Waals surface area contributed by atoms with E-state index in [0.29, 0.717) is 18.9 Å². The van der Waals surface area contributed by atoms with Gasteiger partial charge in [-0.25, -0.2) is 0 Å². The van der Waals surface area contributed by atoms with Crippen LogP contribution in [0.25, 0.3) is 0 Å². The lowest BCUT2D eigenvalue weighted by atomic mass is 9.89. The molecule has 1 heterocycles. The maximum absolute atomic E-state index is 9.77. The Labute approximate surface area is 85.2 Å². The summed E-state index contributed by atoms with van der Waals surface area (Å²) in [6.07, 6.45) is -0.391. The summed E-state index contributed by atoms with van der Waals surface area (Å²) in [4.78, 5) is 2.12. The van der Waals surface area contributed by atoms with E-state index in [2.05, 4.69) is 18.7 Å². The zero-order chi connectivity index (χ0) is 10.8. The number of hydrogen-bond acceptors (Lipinski definition) is 4. The second-order valence-corrected chi connectivity index (χ2v) is 4.68. The van der Waals surface area contributed by atoms with E-state index < -0.39 is 11.7 Å². The molecule has 1 aliphatic rings. The Morgan fingerprint density at radius 3 is 2.57 bits per heavy atom. The van der Waals surface area contributed by atoms with E-state index in [1.54, 1.807) is 0 Å². The molecule has 0 aromatic heterocycles. The minimum atomic E-state index is -1.28. The van der Waals surface area contributed by atoms with Crippen LogP contribution in [0.3, 0.4) is 0 Å². The van der Waals surface area contributed by atoms with Gasteiger partial charge in [0.2, 0.25) is 0 Å². The lowest BCUT2D eigenvalue weighted by Gasteiger charge is -2.41. The van der Waals surface area contributed by atoms with Crippen LogP contribution in [0.4, 0.5) is 0 Å². The lowest BCUT2D eigenvalue weighted by molar-refractivity contribution is -0.142. The summed E-state index contributed by atoms with van der Waals surface area (Å²) < 4.78 is 0. The number of rotatable bonds is 3. The first-order valence-corrected chi connectivity index (χ1v) is 5.21. The highest BCUT2D eigenvalue weighted by Crippen LogP contribution is 2.22. The molecule has 1 fully saturated rings. The SMILES string of the molecule is CC(C)CN1CCC(O)(CO)C(O)C1. The van der Waals surface area contributed by atoms with Gasteiger partial charge < -0.3 is 20.2 Å². The van der Waals surface area contributed by atoms with E-state index in [1.165, 1.54) is 0 Å². The van der Waals surface area contributed by atoms with Crippen molar-refractivity contribution in [2.45, 2.75) is 32.0 Å². The average molecular weight is 203 g/mol. The third-order valence-corrected chi connectivity index (χ3v) is 2.81. The van der Waals surface area contributed by atoms with Gasteiger partial charge >= 0.3 is 0 Å². The van der Waals surface area contributed by atoms with Crippen molar-refractivity contribution in [3.8, 4) is 0 Å². The number of likely N-dealkylation sites (tertiary alicyclic amines) is 1. The summed E-state index contributed by atoms with van der Waals surface area (Å²) in [5.41, 5.74) is -1.28. The molecule has 0 saturated carbocycles. The second-order valence-electron chi connectivity index (χ2n) is 4.68. The minimum Gasteiger partial charge on any atom is -0.393 e. The maximum atomic E-state index is 9.77. The molecule has 0 spiro atoms. The van der Waals surface area contributed by atoms with Crippen molar-refractivity contribution in [3.63, 3.8) is 0 Å². The minimum absolute atomic E-state index is 0.357. The maximum Gasteiger partial charge on any atom is 0.116 e. The molecule has 0 radical (unpaired) electrons. The van der Waals surface area contributed by atoms with E-state index in [-0.39, 0.29) is 6.61 Å². The van der Waals surface area contributed by atoms with Gasteiger partial charge in [0.25, 0.3) is 0 Å². The highest BCUT2D eigenvalue weighted by atomic mass is 16.4. The van der Waals surface area contributed by atoms with Crippen LogP contribution in [0, 0.1) is 5.92 Å². The molecule has 3 N–H and O–H groups in total. The Morgan fingerprint density at radius 2 is 2.14 bits per heavy atom. The van der Waals surface area contributed by atoms with E-state index in [1.807, 2.05) is 0 Å². The molecule has 4 heteroatoms. The van der Waals surface area contributed by atoms with Crippen molar-refractivity contribution >= 4 is 0 Å². The molecule has 2 unspecified atom stereocenters. The lowest BCUT2D eigenvalue weighted by Crippen LogP contribution is -2.57.